The van der Waals surface area contributed by atoms with Crippen molar-refractivity contribution in [2.75, 3.05) is 10.6 Å². The van der Waals surface area contributed by atoms with Crippen molar-refractivity contribution in [1.29, 1.82) is 0 Å². The molecule has 2 heterocycles. The largest absolute Gasteiger partial charge is 0.383 e. The number of halogens is 1. The number of anilines is 2. The maximum Gasteiger partial charge on any atom is 0.330 e. The summed E-state index contributed by atoms with van der Waals surface area (Å²) < 4.78 is 1.22. The molecule has 4 rings (SSSR count). The third-order valence-electron chi connectivity index (χ3n) is 5.09. The average molecular weight is 462 g/mol. The molecule has 0 saturated heterocycles. The number of nitrogens with zero attached hydrogens (tertiary/aromatic N) is 3. The molecule has 0 radical (unpaired) electrons. The van der Waals surface area contributed by atoms with Gasteiger partial charge in [-0.25, -0.2) is 9.78 Å². The molecule has 0 bridgehead atoms. The molecule has 2 aromatic carbocycles. The van der Waals surface area contributed by atoms with Crippen LogP contribution in [-0.4, -0.2) is 20.4 Å². The van der Waals surface area contributed by atoms with Gasteiger partial charge in [-0.2, -0.15) is 0 Å². The fourth-order valence-corrected chi connectivity index (χ4v) is 3.67. The summed E-state index contributed by atoms with van der Waals surface area (Å²) in [5, 5.41) is -0.00633. The van der Waals surface area contributed by atoms with E-state index in [9.17, 15) is 14.4 Å². The van der Waals surface area contributed by atoms with Gasteiger partial charge in [-0.1, -0.05) is 72.3 Å². The van der Waals surface area contributed by atoms with E-state index in [1.54, 1.807) is 6.07 Å². The molecule has 33 heavy (non-hydrogen) atoms. The zero-order valence-corrected chi connectivity index (χ0v) is 18.2. The number of aromatic nitrogens is 3. The van der Waals surface area contributed by atoms with E-state index in [-0.39, 0.29) is 35.3 Å². The number of hydrogen-bond donors (Lipinski definition) is 2. The molecule has 166 valence electrons. The van der Waals surface area contributed by atoms with Crippen molar-refractivity contribution >= 4 is 29.0 Å². The lowest BCUT2D eigenvalue weighted by molar-refractivity contribution is 0.0984. The molecule has 0 fully saturated rings. The highest BCUT2D eigenvalue weighted by Gasteiger charge is 2.27. The number of benzene rings is 2. The summed E-state index contributed by atoms with van der Waals surface area (Å²) in [6, 6.07) is 21.4. The lowest BCUT2D eigenvalue weighted by Gasteiger charge is -2.25. The summed E-state index contributed by atoms with van der Waals surface area (Å²) in [4.78, 5) is 46.5. The summed E-state index contributed by atoms with van der Waals surface area (Å²) in [5.74, 6) is -0.698. The van der Waals surface area contributed by atoms with Crippen LogP contribution in [-0.2, 0) is 13.1 Å². The predicted molar refractivity (Wildman–Crippen MR) is 127 cm³/mol. The number of carbonyl (C=O) groups excluding carboxylic acids is 1. The van der Waals surface area contributed by atoms with Crippen LogP contribution in [0.15, 0.2) is 88.6 Å². The Morgan fingerprint density at radius 3 is 2.24 bits per heavy atom. The van der Waals surface area contributed by atoms with Crippen LogP contribution in [0, 0.1) is 0 Å². The lowest BCUT2D eigenvalue weighted by atomic mass is 10.1. The number of aromatic amines is 1. The number of carbonyl (C=O) groups is 1. The van der Waals surface area contributed by atoms with Gasteiger partial charge in [0.25, 0.3) is 11.5 Å². The van der Waals surface area contributed by atoms with Crippen LogP contribution in [0.4, 0.5) is 11.5 Å². The number of nitrogens with two attached hydrogens (primary N) is 1. The van der Waals surface area contributed by atoms with Crippen molar-refractivity contribution in [2.24, 2.45) is 0 Å². The zero-order chi connectivity index (χ0) is 23.4. The van der Waals surface area contributed by atoms with E-state index in [0.717, 1.165) is 11.1 Å². The van der Waals surface area contributed by atoms with Crippen molar-refractivity contribution in [2.45, 2.75) is 13.1 Å². The van der Waals surface area contributed by atoms with Crippen molar-refractivity contribution in [3.63, 3.8) is 0 Å². The summed E-state index contributed by atoms with van der Waals surface area (Å²) in [5.41, 5.74) is 6.43. The molecule has 3 N–H and O–H groups in total. The Morgan fingerprint density at radius 2 is 1.61 bits per heavy atom. The van der Waals surface area contributed by atoms with Gasteiger partial charge in [0.15, 0.2) is 5.69 Å². The number of amides is 1. The smallest absolute Gasteiger partial charge is 0.330 e. The van der Waals surface area contributed by atoms with Crippen molar-refractivity contribution < 1.29 is 4.79 Å². The predicted octanol–water partition coefficient (Wildman–Crippen LogP) is 3.06. The second-order valence-electron chi connectivity index (χ2n) is 7.28. The molecule has 0 aliphatic carbocycles. The Kier molecular flexibility index (Phi) is 6.37. The van der Waals surface area contributed by atoms with Crippen LogP contribution < -0.4 is 21.9 Å². The molecule has 0 unspecified atom stereocenters. The standard InChI is InChI=1S/C24H20ClN5O3/c25-20-18(12-7-13-27-20)23(32)29(14-16-8-3-1-4-9-16)19-21(26)30(24(33)28-22(19)31)15-17-10-5-2-6-11-17/h1-13H,14-15,26H2,(H,28,31,33). The molecule has 0 atom stereocenters. The minimum Gasteiger partial charge on any atom is -0.383 e. The van der Waals surface area contributed by atoms with Gasteiger partial charge in [-0.15, -0.1) is 0 Å². The van der Waals surface area contributed by atoms with E-state index in [2.05, 4.69) is 9.97 Å². The molecular formula is C24H20ClN5O3. The highest BCUT2D eigenvalue weighted by molar-refractivity contribution is 6.33. The van der Waals surface area contributed by atoms with Gasteiger partial charge in [0.05, 0.1) is 18.7 Å². The highest BCUT2D eigenvalue weighted by atomic mass is 35.5. The zero-order valence-electron chi connectivity index (χ0n) is 17.4. The SMILES string of the molecule is Nc1c(N(Cc2ccccc2)C(=O)c2cccnc2Cl)c(=O)[nH]c(=O)n1Cc1ccccc1. The summed E-state index contributed by atoms with van der Waals surface area (Å²) in [6.07, 6.45) is 1.46. The maximum absolute atomic E-state index is 13.5. The number of nitrogens with one attached hydrogen (secondary N) is 1. The van der Waals surface area contributed by atoms with Gasteiger partial charge in [0.2, 0.25) is 0 Å². The molecular weight excluding hydrogens is 442 g/mol. The van der Waals surface area contributed by atoms with Crippen LogP contribution in [0.1, 0.15) is 21.5 Å². The van der Waals surface area contributed by atoms with Gasteiger partial charge >= 0.3 is 5.69 Å². The van der Waals surface area contributed by atoms with E-state index in [0.29, 0.717) is 0 Å². The summed E-state index contributed by atoms with van der Waals surface area (Å²) >= 11 is 6.17. The van der Waals surface area contributed by atoms with Crippen molar-refractivity contribution in [1.82, 2.24) is 14.5 Å². The molecule has 0 spiro atoms. The number of nitrogen functional groups attached to an aromatic ring is 1. The molecule has 8 nitrogen and oxygen atoms in total. The first-order valence-electron chi connectivity index (χ1n) is 10.1. The first kappa shape index (κ1) is 22.0. The van der Waals surface area contributed by atoms with Crippen LogP contribution in [0.2, 0.25) is 5.15 Å². The molecule has 9 heteroatoms. The van der Waals surface area contributed by atoms with Gasteiger partial charge in [-0.05, 0) is 23.3 Å². The highest BCUT2D eigenvalue weighted by Crippen LogP contribution is 2.24. The summed E-state index contributed by atoms with van der Waals surface area (Å²) in [6.45, 7) is 0.151. The minimum absolute atomic E-state index is 0.00633. The second-order valence-corrected chi connectivity index (χ2v) is 7.64. The monoisotopic (exact) mass is 461 g/mol. The topological polar surface area (TPSA) is 114 Å². The third-order valence-corrected chi connectivity index (χ3v) is 5.39. The van der Waals surface area contributed by atoms with Crippen LogP contribution in [0.25, 0.3) is 0 Å². The molecule has 4 aromatic rings. The summed E-state index contributed by atoms with van der Waals surface area (Å²) in [7, 11) is 0. The minimum atomic E-state index is -0.772. The first-order valence-corrected chi connectivity index (χ1v) is 10.5. The normalized spacial score (nSPS) is 10.7. The molecule has 1 amide bonds. The van der Waals surface area contributed by atoms with E-state index in [4.69, 9.17) is 17.3 Å². The van der Waals surface area contributed by atoms with Crippen LogP contribution in [0.3, 0.4) is 0 Å². The Morgan fingerprint density at radius 1 is 0.970 bits per heavy atom. The number of pyridine rings is 1. The fraction of sp³-hybridized carbons (Fsp3) is 0.0833. The fourth-order valence-electron chi connectivity index (χ4n) is 3.47. The van der Waals surface area contributed by atoms with Gasteiger partial charge in [0.1, 0.15) is 11.0 Å². The van der Waals surface area contributed by atoms with Crippen molar-refractivity contribution in [3.8, 4) is 0 Å². The number of hydrogen-bond acceptors (Lipinski definition) is 5. The van der Waals surface area contributed by atoms with E-state index in [1.807, 2.05) is 60.7 Å². The van der Waals surface area contributed by atoms with Crippen molar-refractivity contribution in [3.05, 3.63) is 122 Å². The molecule has 0 aliphatic heterocycles. The third kappa shape index (κ3) is 4.70. The number of rotatable bonds is 6. The van der Waals surface area contributed by atoms with Crippen LogP contribution in [0.5, 0.6) is 0 Å². The van der Waals surface area contributed by atoms with E-state index >= 15 is 0 Å². The molecule has 2 aromatic heterocycles. The quantitative estimate of drug-likeness (QED) is 0.428. The van der Waals surface area contributed by atoms with Crippen LogP contribution >= 0.6 is 11.6 Å². The van der Waals surface area contributed by atoms with E-state index < -0.39 is 17.2 Å². The molecule has 0 saturated carbocycles. The van der Waals surface area contributed by atoms with Gasteiger partial charge in [0, 0.05) is 6.20 Å². The Labute approximate surface area is 193 Å². The second kappa shape index (κ2) is 9.54. The first-order chi connectivity index (χ1) is 16.0. The Hall–Kier alpha value is -4.17. The Bertz CT molecular complexity index is 1400. The Balaban J connectivity index is 1.87. The average Bonchev–Trinajstić information content (AvgIpc) is 2.82. The maximum atomic E-state index is 13.5. The lowest BCUT2D eigenvalue weighted by Crippen LogP contribution is -2.41. The van der Waals surface area contributed by atoms with Gasteiger partial charge in [-0.3, -0.25) is 24.0 Å². The van der Waals surface area contributed by atoms with E-state index in [1.165, 1.54) is 21.7 Å². The van der Waals surface area contributed by atoms with Gasteiger partial charge < -0.3 is 5.73 Å². The molecule has 0 aliphatic rings. The number of H-pyrrole nitrogens is 1.